The van der Waals surface area contributed by atoms with Crippen molar-refractivity contribution in [2.45, 2.75) is 0 Å². The Bertz CT molecular complexity index is 717. The van der Waals surface area contributed by atoms with Crippen LogP contribution in [-0.2, 0) is 0 Å². The van der Waals surface area contributed by atoms with Gasteiger partial charge in [0.25, 0.3) is 0 Å². The van der Waals surface area contributed by atoms with E-state index in [9.17, 15) is 0 Å². The highest BCUT2D eigenvalue weighted by molar-refractivity contribution is 6.36. The van der Waals surface area contributed by atoms with Crippen LogP contribution in [0.1, 0.15) is 0 Å². The molecule has 0 aliphatic carbocycles. The van der Waals surface area contributed by atoms with Crippen molar-refractivity contribution in [3.8, 4) is 5.69 Å². The van der Waals surface area contributed by atoms with Gasteiger partial charge < -0.3 is 0 Å². The molecule has 0 N–H and O–H groups in total. The van der Waals surface area contributed by atoms with Crippen molar-refractivity contribution in [1.29, 1.82) is 0 Å². The Hall–Kier alpha value is -1.22. The summed E-state index contributed by atoms with van der Waals surface area (Å²) in [5.41, 5.74) is 1.66. The average Bonchev–Trinajstić information content (AvgIpc) is 2.68. The minimum Gasteiger partial charge on any atom is -0.221 e. The predicted octanol–water partition coefficient (Wildman–Crippen LogP) is 4.99. The van der Waals surface area contributed by atoms with Gasteiger partial charge in [0.15, 0.2) is 0 Å². The lowest BCUT2D eigenvalue weighted by Crippen LogP contribution is -1.95. The molecule has 1 aromatic heterocycles. The lowest BCUT2D eigenvalue weighted by atomic mass is 10.2. The molecule has 90 valence electrons. The third kappa shape index (κ3) is 1.97. The zero-order chi connectivity index (χ0) is 12.7. The number of nitrogens with zero attached hydrogens (tertiary/aromatic N) is 2. The molecule has 2 aromatic carbocycles. The van der Waals surface area contributed by atoms with Gasteiger partial charge in [-0.3, -0.25) is 0 Å². The van der Waals surface area contributed by atoms with Crippen LogP contribution in [-0.4, -0.2) is 9.78 Å². The number of aromatic nitrogens is 2. The largest absolute Gasteiger partial charge is 0.221 e. The first-order valence-corrected chi connectivity index (χ1v) is 6.38. The third-order valence-corrected chi connectivity index (χ3v) is 3.50. The molecule has 1 heterocycles. The fraction of sp³-hybridized carbons (Fsp3) is 0. The standard InChI is InChI=1S/C13H7Cl3N2/c14-8-1-4-10(5-2-8)18-13(16)11-7-9(15)3-6-12(11)17-18/h1-7H. The van der Waals surface area contributed by atoms with E-state index < -0.39 is 0 Å². The molecule has 3 rings (SSSR count). The second kappa shape index (κ2) is 4.47. The molecule has 0 spiro atoms. The van der Waals surface area contributed by atoms with E-state index in [4.69, 9.17) is 34.8 Å². The number of hydrogen-bond acceptors (Lipinski definition) is 1. The molecule has 0 bridgehead atoms. The highest BCUT2D eigenvalue weighted by atomic mass is 35.5. The smallest absolute Gasteiger partial charge is 0.140 e. The van der Waals surface area contributed by atoms with Crippen LogP contribution in [0.5, 0.6) is 0 Å². The zero-order valence-electron chi connectivity index (χ0n) is 9.07. The molecule has 0 fully saturated rings. The van der Waals surface area contributed by atoms with Crippen molar-refractivity contribution in [2.75, 3.05) is 0 Å². The van der Waals surface area contributed by atoms with Crippen LogP contribution in [0, 0.1) is 0 Å². The quantitative estimate of drug-likeness (QED) is 0.619. The van der Waals surface area contributed by atoms with Gasteiger partial charge in [0, 0.05) is 15.4 Å². The molecule has 0 atom stereocenters. The molecular weight excluding hydrogens is 291 g/mol. The predicted molar refractivity (Wildman–Crippen MR) is 76.1 cm³/mol. The van der Waals surface area contributed by atoms with Crippen LogP contribution in [0.4, 0.5) is 0 Å². The molecule has 5 heteroatoms. The van der Waals surface area contributed by atoms with Crippen LogP contribution in [0.3, 0.4) is 0 Å². The maximum Gasteiger partial charge on any atom is 0.140 e. The van der Waals surface area contributed by atoms with Gasteiger partial charge >= 0.3 is 0 Å². The lowest BCUT2D eigenvalue weighted by Gasteiger charge is -2.02. The summed E-state index contributed by atoms with van der Waals surface area (Å²) in [6, 6.07) is 12.8. The van der Waals surface area contributed by atoms with Gasteiger partial charge in [-0.25, -0.2) is 4.68 Å². The van der Waals surface area contributed by atoms with E-state index in [1.807, 2.05) is 18.2 Å². The van der Waals surface area contributed by atoms with Crippen LogP contribution in [0.25, 0.3) is 16.6 Å². The summed E-state index contributed by atoms with van der Waals surface area (Å²) >= 11 is 18.1. The molecule has 3 aromatic rings. The van der Waals surface area contributed by atoms with E-state index in [1.165, 1.54) is 0 Å². The van der Waals surface area contributed by atoms with E-state index in [2.05, 4.69) is 5.10 Å². The Balaban J connectivity index is 2.23. The second-order valence-corrected chi connectivity index (χ2v) is 5.07. The first-order valence-electron chi connectivity index (χ1n) is 5.25. The Labute approximate surface area is 119 Å². The van der Waals surface area contributed by atoms with Crippen molar-refractivity contribution >= 4 is 45.7 Å². The Morgan fingerprint density at radius 1 is 0.833 bits per heavy atom. The molecule has 0 unspecified atom stereocenters. The zero-order valence-corrected chi connectivity index (χ0v) is 11.3. The van der Waals surface area contributed by atoms with Crippen LogP contribution < -0.4 is 0 Å². The SMILES string of the molecule is Clc1ccc(-n2nc3ccc(Cl)cc3c2Cl)cc1. The van der Waals surface area contributed by atoms with Crippen LogP contribution >= 0.6 is 34.8 Å². The van der Waals surface area contributed by atoms with Crippen molar-refractivity contribution in [3.63, 3.8) is 0 Å². The minimum absolute atomic E-state index is 0.537. The van der Waals surface area contributed by atoms with Gasteiger partial charge in [-0.1, -0.05) is 34.8 Å². The maximum atomic E-state index is 6.31. The van der Waals surface area contributed by atoms with Gasteiger partial charge in [0.05, 0.1) is 11.2 Å². The van der Waals surface area contributed by atoms with E-state index >= 15 is 0 Å². The van der Waals surface area contributed by atoms with Gasteiger partial charge in [0.2, 0.25) is 0 Å². The van der Waals surface area contributed by atoms with Crippen molar-refractivity contribution in [1.82, 2.24) is 9.78 Å². The highest BCUT2D eigenvalue weighted by Gasteiger charge is 2.10. The fourth-order valence-electron chi connectivity index (χ4n) is 1.78. The van der Waals surface area contributed by atoms with Gasteiger partial charge in [0.1, 0.15) is 5.15 Å². The average molecular weight is 298 g/mol. The van der Waals surface area contributed by atoms with Crippen molar-refractivity contribution in [3.05, 3.63) is 57.7 Å². The summed E-state index contributed by atoms with van der Waals surface area (Å²) in [6.45, 7) is 0. The monoisotopic (exact) mass is 296 g/mol. The summed E-state index contributed by atoms with van der Waals surface area (Å²) in [6.07, 6.45) is 0. The molecule has 0 aliphatic heterocycles. The van der Waals surface area contributed by atoms with Crippen molar-refractivity contribution in [2.24, 2.45) is 0 Å². The highest BCUT2D eigenvalue weighted by Crippen LogP contribution is 2.28. The van der Waals surface area contributed by atoms with Crippen LogP contribution in [0.15, 0.2) is 42.5 Å². The summed E-state index contributed by atoms with van der Waals surface area (Å²) in [4.78, 5) is 0. The fourth-order valence-corrected chi connectivity index (χ4v) is 2.36. The summed E-state index contributed by atoms with van der Waals surface area (Å²) in [5.74, 6) is 0. The molecule has 0 aliphatic rings. The van der Waals surface area contributed by atoms with E-state index in [0.29, 0.717) is 15.2 Å². The first kappa shape index (κ1) is 11.8. The lowest BCUT2D eigenvalue weighted by molar-refractivity contribution is 0.897. The molecule has 0 saturated carbocycles. The normalized spacial score (nSPS) is 11.1. The molecule has 2 nitrogen and oxygen atoms in total. The Morgan fingerprint density at radius 2 is 1.50 bits per heavy atom. The van der Waals surface area contributed by atoms with E-state index in [1.54, 1.807) is 28.9 Å². The summed E-state index contributed by atoms with van der Waals surface area (Å²) in [5, 5.41) is 7.12. The molecule has 0 radical (unpaired) electrons. The number of benzene rings is 2. The topological polar surface area (TPSA) is 17.8 Å². The number of rotatable bonds is 1. The first-order chi connectivity index (χ1) is 8.65. The second-order valence-electron chi connectivity index (χ2n) is 3.84. The number of hydrogen-bond donors (Lipinski definition) is 0. The van der Waals surface area contributed by atoms with E-state index in [0.717, 1.165) is 16.6 Å². The van der Waals surface area contributed by atoms with E-state index in [-0.39, 0.29) is 0 Å². The Kier molecular flexibility index (Phi) is 2.94. The maximum absolute atomic E-state index is 6.31. The number of halogens is 3. The molecule has 0 saturated heterocycles. The van der Waals surface area contributed by atoms with Gasteiger partial charge in [-0.15, -0.1) is 0 Å². The molecule has 18 heavy (non-hydrogen) atoms. The summed E-state index contributed by atoms with van der Waals surface area (Å²) < 4.78 is 1.67. The molecular formula is C13H7Cl3N2. The summed E-state index contributed by atoms with van der Waals surface area (Å²) in [7, 11) is 0. The van der Waals surface area contributed by atoms with Crippen molar-refractivity contribution < 1.29 is 0 Å². The van der Waals surface area contributed by atoms with Gasteiger partial charge in [-0.05, 0) is 42.5 Å². The van der Waals surface area contributed by atoms with Gasteiger partial charge in [-0.2, -0.15) is 5.10 Å². The number of fused-ring (bicyclic) bond motifs is 1. The third-order valence-electron chi connectivity index (χ3n) is 2.65. The molecule has 0 amide bonds. The minimum atomic E-state index is 0.537. The van der Waals surface area contributed by atoms with Crippen LogP contribution in [0.2, 0.25) is 15.2 Å². The Morgan fingerprint density at radius 3 is 2.22 bits per heavy atom.